The Labute approximate surface area is 106 Å². The van der Waals surface area contributed by atoms with E-state index in [-0.39, 0.29) is 15.5 Å². The van der Waals surface area contributed by atoms with Crippen LogP contribution in [0.2, 0.25) is 0 Å². The summed E-state index contributed by atoms with van der Waals surface area (Å²) in [6.45, 7) is 7.24. The molecule has 0 aliphatic rings. The van der Waals surface area contributed by atoms with Crippen molar-refractivity contribution in [3.05, 3.63) is 27.1 Å². The van der Waals surface area contributed by atoms with Crippen molar-refractivity contribution in [3.63, 3.8) is 0 Å². The highest BCUT2D eigenvalue weighted by molar-refractivity contribution is 7.13. The van der Waals surface area contributed by atoms with Gasteiger partial charge in [-0.3, -0.25) is 10.1 Å². The van der Waals surface area contributed by atoms with Gasteiger partial charge >= 0.3 is 5.00 Å². The van der Waals surface area contributed by atoms with Gasteiger partial charge in [0.05, 0.1) is 4.92 Å². The van der Waals surface area contributed by atoms with E-state index in [4.69, 9.17) is 0 Å². The van der Waals surface area contributed by atoms with Gasteiger partial charge in [0.15, 0.2) is 0 Å². The molecule has 0 saturated heterocycles. The molecule has 1 aromatic rings. The summed E-state index contributed by atoms with van der Waals surface area (Å²) < 4.78 is 0. The zero-order chi connectivity index (χ0) is 12.9. The number of hydrogen-bond donors (Lipinski definition) is 1. The first-order valence-electron chi connectivity index (χ1n) is 6.03. The fourth-order valence-electron chi connectivity index (χ4n) is 1.97. The SMILES string of the molecule is CCC(CC)(CC)NCc1csc([N+](=O)[O-])c1. The van der Waals surface area contributed by atoms with Gasteiger partial charge < -0.3 is 5.32 Å². The van der Waals surface area contributed by atoms with Crippen LogP contribution in [0.4, 0.5) is 5.00 Å². The summed E-state index contributed by atoms with van der Waals surface area (Å²) in [6.07, 6.45) is 3.23. The lowest BCUT2D eigenvalue weighted by Crippen LogP contribution is -2.42. The van der Waals surface area contributed by atoms with E-state index in [1.807, 2.05) is 5.38 Å². The first kappa shape index (κ1) is 14.1. The van der Waals surface area contributed by atoms with Gasteiger partial charge in [0.1, 0.15) is 0 Å². The summed E-state index contributed by atoms with van der Waals surface area (Å²) in [5.41, 5.74) is 1.16. The Bertz CT molecular complexity index is 364. The second-order valence-corrected chi connectivity index (χ2v) is 5.13. The van der Waals surface area contributed by atoms with Crippen LogP contribution >= 0.6 is 11.3 Å². The summed E-state index contributed by atoms with van der Waals surface area (Å²) in [6, 6.07) is 1.66. The molecule has 0 spiro atoms. The molecule has 0 bridgehead atoms. The van der Waals surface area contributed by atoms with Gasteiger partial charge in [0, 0.05) is 23.5 Å². The maximum absolute atomic E-state index is 10.6. The Morgan fingerprint density at radius 3 is 2.35 bits per heavy atom. The number of thiophene rings is 1. The normalized spacial score (nSPS) is 11.7. The monoisotopic (exact) mass is 256 g/mol. The van der Waals surface area contributed by atoms with Gasteiger partial charge in [-0.05, 0) is 24.8 Å². The molecule has 1 rings (SSSR count). The van der Waals surface area contributed by atoms with Crippen LogP contribution in [0.15, 0.2) is 11.4 Å². The molecule has 0 aromatic carbocycles. The minimum Gasteiger partial charge on any atom is -0.307 e. The Kier molecular flexibility index (Phi) is 5.08. The Morgan fingerprint density at radius 1 is 1.35 bits per heavy atom. The van der Waals surface area contributed by atoms with Crippen LogP contribution in [0.3, 0.4) is 0 Å². The van der Waals surface area contributed by atoms with Crippen molar-refractivity contribution in [3.8, 4) is 0 Å². The fraction of sp³-hybridized carbons (Fsp3) is 0.667. The minimum atomic E-state index is -0.332. The molecule has 17 heavy (non-hydrogen) atoms. The van der Waals surface area contributed by atoms with Crippen molar-refractivity contribution in [1.29, 1.82) is 0 Å². The molecule has 0 radical (unpaired) electrons. The van der Waals surface area contributed by atoms with Gasteiger partial charge in [-0.2, -0.15) is 0 Å². The molecule has 0 aliphatic carbocycles. The Balaban J connectivity index is 2.62. The van der Waals surface area contributed by atoms with E-state index in [1.165, 1.54) is 11.3 Å². The minimum absolute atomic E-state index is 0.163. The molecule has 1 aromatic heterocycles. The van der Waals surface area contributed by atoms with E-state index in [9.17, 15) is 10.1 Å². The highest BCUT2D eigenvalue weighted by Crippen LogP contribution is 2.24. The van der Waals surface area contributed by atoms with Crippen molar-refractivity contribution in [1.82, 2.24) is 5.32 Å². The summed E-state index contributed by atoms with van der Waals surface area (Å²) in [5.74, 6) is 0. The average Bonchev–Trinajstić information content (AvgIpc) is 2.81. The van der Waals surface area contributed by atoms with Crippen LogP contribution < -0.4 is 5.32 Å². The highest BCUT2D eigenvalue weighted by atomic mass is 32.1. The third kappa shape index (κ3) is 3.51. The second-order valence-electron chi connectivity index (χ2n) is 4.24. The highest BCUT2D eigenvalue weighted by Gasteiger charge is 2.23. The van der Waals surface area contributed by atoms with E-state index in [0.29, 0.717) is 6.54 Å². The Hall–Kier alpha value is -0.940. The van der Waals surface area contributed by atoms with E-state index in [1.54, 1.807) is 6.07 Å². The lowest BCUT2D eigenvalue weighted by Gasteiger charge is -2.31. The van der Waals surface area contributed by atoms with E-state index < -0.39 is 0 Å². The predicted molar refractivity (Wildman–Crippen MR) is 71.4 cm³/mol. The first-order chi connectivity index (χ1) is 8.06. The lowest BCUT2D eigenvalue weighted by atomic mass is 9.89. The Morgan fingerprint density at radius 2 is 1.94 bits per heavy atom. The van der Waals surface area contributed by atoms with Crippen molar-refractivity contribution in [2.24, 2.45) is 0 Å². The van der Waals surface area contributed by atoms with Crippen molar-refractivity contribution in [2.75, 3.05) is 0 Å². The van der Waals surface area contributed by atoms with Crippen LogP contribution in [0.1, 0.15) is 45.6 Å². The second kappa shape index (κ2) is 6.12. The number of hydrogen-bond acceptors (Lipinski definition) is 4. The van der Waals surface area contributed by atoms with Gasteiger partial charge in [-0.15, -0.1) is 0 Å². The zero-order valence-electron chi connectivity index (χ0n) is 10.7. The van der Waals surface area contributed by atoms with Crippen LogP contribution in [-0.2, 0) is 6.54 Å². The molecular weight excluding hydrogens is 236 g/mol. The summed E-state index contributed by atoms with van der Waals surface area (Å²) >= 11 is 1.19. The largest absolute Gasteiger partial charge is 0.324 e. The van der Waals surface area contributed by atoms with Gasteiger partial charge in [0.2, 0.25) is 0 Å². The molecule has 0 atom stereocenters. The molecule has 1 N–H and O–H groups in total. The molecule has 5 heteroatoms. The van der Waals surface area contributed by atoms with Crippen molar-refractivity contribution < 1.29 is 4.92 Å². The molecule has 96 valence electrons. The first-order valence-corrected chi connectivity index (χ1v) is 6.91. The fourth-order valence-corrected chi connectivity index (χ4v) is 2.69. The number of rotatable bonds is 7. The van der Waals surface area contributed by atoms with E-state index >= 15 is 0 Å². The molecule has 4 nitrogen and oxygen atoms in total. The summed E-state index contributed by atoms with van der Waals surface area (Å²) in [4.78, 5) is 10.2. The predicted octanol–water partition coefficient (Wildman–Crippen LogP) is 3.71. The maximum Gasteiger partial charge on any atom is 0.324 e. The van der Waals surface area contributed by atoms with Gasteiger partial charge in [0.25, 0.3) is 0 Å². The quantitative estimate of drug-likeness (QED) is 0.597. The van der Waals surface area contributed by atoms with Crippen LogP contribution in [-0.4, -0.2) is 10.5 Å². The third-order valence-corrected chi connectivity index (χ3v) is 4.45. The third-order valence-electron chi connectivity index (χ3n) is 3.52. The number of nitrogens with one attached hydrogen (secondary N) is 1. The number of nitro groups is 1. The van der Waals surface area contributed by atoms with Crippen LogP contribution in [0, 0.1) is 10.1 Å². The molecule has 0 amide bonds. The van der Waals surface area contributed by atoms with E-state index in [2.05, 4.69) is 26.1 Å². The smallest absolute Gasteiger partial charge is 0.307 e. The maximum atomic E-state index is 10.6. The van der Waals surface area contributed by atoms with E-state index in [0.717, 1.165) is 24.8 Å². The average molecular weight is 256 g/mol. The van der Waals surface area contributed by atoms with Gasteiger partial charge in [-0.25, -0.2) is 0 Å². The topological polar surface area (TPSA) is 55.2 Å². The van der Waals surface area contributed by atoms with Crippen LogP contribution in [0.25, 0.3) is 0 Å². The molecule has 0 unspecified atom stereocenters. The molecular formula is C12H20N2O2S. The summed E-state index contributed by atoms with van der Waals surface area (Å²) in [5, 5.41) is 16.2. The van der Waals surface area contributed by atoms with Crippen LogP contribution in [0.5, 0.6) is 0 Å². The zero-order valence-corrected chi connectivity index (χ0v) is 11.5. The number of nitrogens with zero attached hydrogens (tertiary/aromatic N) is 1. The van der Waals surface area contributed by atoms with Gasteiger partial charge in [-0.1, -0.05) is 32.1 Å². The lowest BCUT2D eigenvalue weighted by molar-refractivity contribution is -0.380. The van der Waals surface area contributed by atoms with Crippen molar-refractivity contribution in [2.45, 2.75) is 52.1 Å². The molecule has 0 saturated carbocycles. The molecule has 1 heterocycles. The van der Waals surface area contributed by atoms with Crippen molar-refractivity contribution >= 4 is 16.3 Å². The molecule has 0 fully saturated rings. The standard InChI is InChI=1S/C12H20N2O2S/c1-4-12(5-2,6-3)13-8-10-7-11(14(15)16)17-9-10/h7,9,13H,4-6,8H2,1-3H3. The summed E-state index contributed by atoms with van der Waals surface area (Å²) in [7, 11) is 0. The molecule has 0 aliphatic heterocycles.